The van der Waals surface area contributed by atoms with Crippen molar-refractivity contribution in [2.24, 2.45) is 5.92 Å². The molecular weight excluding hydrogens is 172 g/mol. The Morgan fingerprint density at radius 2 is 2.21 bits per heavy atom. The zero-order chi connectivity index (χ0) is 10.4. The second-order valence-electron chi connectivity index (χ2n) is 4.75. The van der Waals surface area contributed by atoms with Gasteiger partial charge < -0.3 is 10.6 Å². The Morgan fingerprint density at radius 1 is 1.43 bits per heavy atom. The first kappa shape index (κ1) is 12.0. The molecule has 2 heteroatoms. The van der Waals surface area contributed by atoms with E-state index >= 15 is 0 Å². The summed E-state index contributed by atoms with van der Waals surface area (Å²) in [4.78, 5) is 0. The second kappa shape index (κ2) is 6.41. The van der Waals surface area contributed by atoms with Gasteiger partial charge in [0.15, 0.2) is 0 Å². The third-order valence-corrected chi connectivity index (χ3v) is 3.31. The largest absolute Gasteiger partial charge is 0.316 e. The molecule has 0 aliphatic carbocycles. The maximum Gasteiger partial charge on any atom is 0.00815 e. The van der Waals surface area contributed by atoms with Gasteiger partial charge in [0.25, 0.3) is 0 Å². The molecule has 0 aromatic heterocycles. The summed E-state index contributed by atoms with van der Waals surface area (Å²) in [5, 5.41) is 7.19. The molecule has 0 aromatic rings. The van der Waals surface area contributed by atoms with Crippen LogP contribution in [0.5, 0.6) is 0 Å². The van der Waals surface area contributed by atoms with E-state index in [0.29, 0.717) is 12.1 Å². The molecule has 1 saturated heterocycles. The van der Waals surface area contributed by atoms with E-state index in [1.807, 2.05) is 0 Å². The third-order valence-electron chi connectivity index (χ3n) is 3.31. The van der Waals surface area contributed by atoms with Gasteiger partial charge in [-0.1, -0.05) is 13.3 Å². The number of hydrogen-bond donors (Lipinski definition) is 2. The topological polar surface area (TPSA) is 24.1 Å². The summed E-state index contributed by atoms with van der Waals surface area (Å²) in [6.07, 6.45) is 5.31. The highest BCUT2D eigenvalue weighted by atomic mass is 15.0. The lowest BCUT2D eigenvalue weighted by molar-refractivity contribution is 0.278. The second-order valence-corrected chi connectivity index (χ2v) is 4.75. The third kappa shape index (κ3) is 3.97. The predicted molar refractivity (Wildman–Crippen MR) is 62.6 cm³/mol. The van der Waals surface area contributed by atoms with Gasteiger partial charge in [-0.2, -0.15) is 0 Å². The van der Waals surface area contributed by atoms with Gasteiger partial charge in [0.2, 0.25) is 0 Å². The van der Waals surface area contributed by atoms with Crippen molar-refractivity contribution in [3.8, 4) is 0 Å². The van der Waals surface area contributed by atoms with Gasteiger partial charge in [-0.3, -0.25) is 0 Å². The summed E-state index contributed by atoms with van der Waals surface area (Å²) in [5.74, 6) is 0.836. The first-order valence-electron chi connectivity index (χ1n) is 6.20. The molecule has 1 aliphatic rings. The minimum Gasteiger partial charge on any atom is -0.316 e. The fraction of sp³-hybridized carbons (Fsp3) is 1.00. The lowest BCUT2D eigenvalue weighted by Crippen LogP contribution is -2.45. The molecule has 2 N–H and O–H groups in total. The monoisotopic (exact) mass is 198 g/mol. The lowest BCUT2D eigenvalue weighted by Gasteiger charge is -2.31. The van der Waals surface area contributed by atoms with E-state index in [-0.39, 0.29) is 0 Å². The molecule has 3 unspecified atom stereocenters. The summed E-state index contributed by atoms with van der Waals surface area (Å²) < 4.78 is 0. The highest BCUT2D eigenvalue weighted by Gasteiger charge is 2.20. The number of hydrogen-bond acceptors (Lipinski definition) is 2. The van der Waals surface area contributed by atoms with Crippen molar-refractivity contribution >= 4 is 0 Å². The SMILES string of the molecule is CCCC(C)NC(C)C1CCCNC1. The summed E-state index contributed by atoms with van der Waals surface area (Å²) in [6, 6.07) is 1.35. The molecule has 1 rings (SSSR count). The molecule has 0 bridgehead atoms. The molecule has 1 heterocycles. The number of piperidine rings is 1. The first-order valence-corrected chi connectivity index (χ1v) is 6.20. The predicted octanol–water partition coefficient (Wildman–Crippen LogP) is 2.15. The van der Waals surface area contributed by atoms with Crippen LogP contribution in [-0.4, -0.2) is 25.2 Å². The van der Waals surface area contributed by atoms with Crippen LogP contribution in [0.25, 0.3) is 0 Å². The maximum atomic E-state index is 3.71. The molecule has 0 saturated carbocycles. The Labute approximate surface area is 88.8 Å². The Hall–Kier alpha value is -0.0800. The zero-order valence-corrected chi connectivity index (χ0v) is 9.97. The highest BCUT2D eigenvalue weighted by Crippen LogP contribution is 2.15. The van der Waals surface area contributed by atoms with Crippen molar-refractivity contribution in [1.82, 2.24) is 10.6 Å². The Morgan fingerprint density at radius 3 is 2.79 bits per heavy atom. The van der Waals surface area contributed by atoms with E-state index in [4.69, 9.17) is 0 Å². The average molecular weight is 198 g/mol. The Bertz CT molecular complexity index is 141. The minimum absolute atomic E-state index is 0.671. The van der Waals surface area contributed by atoms with E-state index < -0.39 is 0 Å². The van der Waals surface area contributed by atoms with Crippen molar-refractivity contribution in [3.05, 3.63) is 0 Å². The molecule has 0 amide bonds. The molecule has 0 aromatic carbocycles. The van der Waals surface area contributed by atoms with Crippen molar-refractivity contribution in [3.63, 3.8) is 0 Å². The molecule has 84 valence electrons. The van der Waals surface area contributed by atoms with Gasteiger partial charge in [-0.05, 0) is 52.1 Å². The number of rotatable bonds is 5. The van der Waals surface area contributed by atoms with Crippen LogP contribution in [0.15, 0.2) is 0 Å². The fourth-order valence-corrected chi connectivity index (χ4v) is 2.41. The van der Waals surface area contributed by atoms with E-state index in [2.05, 4.69) is 31.4 Å². The summed E-state index contributed by atoms with van der Waals surface area (Å²) in [6.45, 7) is 9.31. The summed E-state index contributed by atoms with van der Waals surface area (Å²) >= 11 is 0. The summed E-state index contributed by atoms with van der Waals surface area (Å²) in [5.41, 5.74) is 0. The van der Waals surface area contributed by atoms with Crippen LogP contribution in [0.1, 0.15) is 46.5 Å². The minimum atomic E-state index is 0.671. The Kier molecular flexibility index (Phi) is 5.49. The van der Waals surface area contributed by atoms with Crippen LogP contribution in [-0.2, 0) is 0 Å². The molecule has 0 radical (unpaired) electrons. The van der Waals surface area contributed by atoms with E-state index in [1.165, 1.54) is 38.8 Å². The van der Waals surface area contributed by atoms with Crippen LogP contribution < -0.4 is 10.6 Å². The van der Waals surface area contributed by atoms with E-state index in [9.17, 15) is 0 Å². The van der Waals surface area contributed by atoms with Crippen molar-refractivity contribution < 1.29 is 0 Å². The summed E-state index contributed by atoms with van der Waals surface area (Å²) in [7, 11) is 0. The van der Waals surface area contributed by atoms with Gasteiger partial charge in [-0.25, -0.2) is 0 Å². The smallest absolute Gasteiger partial charge is 0.00815 e. The van der Waals surface area contributed by atoms with Crippen LogP contribution in [0.3, 0.4) is 0 Å². The van der Waals surface area contributed by atoms with Gasteiger partial charge in [0.1, 0.15) is 0 Å². The standard InChI is InChI=1S/C12H26N2/c1-4-6-10(2)14-11(3)12-7-5-8-13-9-12/h10-14H,4-9H2,1-3H3. The zero-order valence-electron chi connectivity index (χ0n) is 9.97. The molecule has 3 atom stereocenters. The van der Waals surface area contributed by atoms with Crippen molar-refractivity contribution in [1.29, 1.82) is 0 Å². The van der Waals surface area contributed by atoms with Gasteiger partial charge in [0, 0.05) is 12.1 Å². The van der Waals surface area contributed by atoms with Gasteiger partial charge in [-0.15, -0.1) is 0 Å². The Balaban J connectivity index is 2.21. The van der Waals surface area contributed by atoms with Gasteiger partial charge in [0.05, 0.1) is 0 Å². The van der Waals surface area contributed by atoms with Crippen molar-refractivity contribution in [2.45, 2.75) is 58.5 Å². The first-order chi connectivity index (χ1) is 6.74. The number of nitrogens with one attached hydrogen (secondary N) is 2. The maximum absolute atomic E-state index is 3.71. The molecule has 14 heavy (non-hydrogen) atoms. The van der Waals surface area contributed by atoms with E-state index in [1.54, 1.807) is 0 Å². The molecule has 1 aliphatic heterocycles. The van der Waals surface area contributed by atoms with Crippen LogP contribution >= 0.6 is 0 Å². The fourth-order valence-electron chi connectivity index (χ4n) is 2.41. The van der Waals surface area contributed by atoms with Crippen molar-refractivity contribution in [2.75, 3.05) is 13.1 Å². The van der Waals surface area contributed by atoms with Crippen LogP contribution in [0.4, 0.5) is 0 Å². The lowest BCUT2D eigenvalue weighted by atomic mass is 9.92. The average Bonchev–Trinajstić information content (AvgIpc) is 2.19. The quantitative estimate of drug-likeness (QED) is 0.707. The van der Waals surface area contributed by atoms with E-state index in [0.717, 1.165) is 5.92 Å². The molecule has 1 fully saturated rings. The van der Waals surface area contributed by atoms with Crippen LogP contribution in [0, 0.1) is 5.92 Å². The molecule has 0 spiro atoms. The molecular formula is C12H26N2. The van der Waals surface area contributed by atoms with Crippen LogP contribution in [0.2, 0.25) is 0 Å². The normalized spacial score (nSPS) is 27.2. The molecule has 2 nitrogen and oxygen atoms in total. The van der Waals surface area contributed by atoms with Gasteiger partial charge >= 0.3 is 0 Å². The highest BCUT2D eigenvalue weighted by molar-refractivity contribution is 4.79.